The summed E-state index contributed by atoms with van der Waals surface area (Å²) in [6, 6.07) is 16.5. The molecule has 0 saturated carbocycles. The molecule has 1 atom stereocenters. The Balaban J connectivity index is 1.51. The molecule has 2 aromatic carbocycles. The topological polar surface area (TPSA) is 61.9 Å². The van der Waals surface area contributed by atoms with Crippen LogP contribution in [0.25, 0.3) is 0 Å². The number of benzene rings is 2. The SMILES string of the molecule is Cc1ccc(OCCN(C)C(=O)[C@H]2CCCN2C(=O)Nc2ccccc2)cc1. The number of hydrogen-bond acceptors (Lipinski definition) is 3. The predicted octanol–water partition coefficient (Wildman–Crippen LogP) is 3.53. The second-order valence-electron chi connectivity index (χ2n) is 7.07. The molecule has 1 N–H and O–H groups in total. The van der Waals surface area contributed by atoms with Gasteiger partial charge in [-0.3, -0.25) is 4.79 Å². The number of ether oxygens (including phenoxy) is 1. The second-order valence-corrected chi connectivity index (χ2v) is 7.07. The van der Waals surface area contributed by atoms with E-state index < -0.39 is 6.04 Å². The summed E-state index contributed by atoms with van der Waals surface area (Å²) in [5.41, 5.74) is 1.90. The molecule has 0 radical (unpaired) electrons. The van der Waals surface area contributed by atoms with E-state index in [2.05, 4.69) is 5.32 Å². The molecule has 1 aliphatic heterocycles. The summed E-state index contributed by atoms with van der Waals surface area (Å²) < 4.78 is 5.71. The van der Waals surface area contributed by atoms with E-state index >= 15 is 0 Å². The summed E-state index contributed by atoms with van der Waals surface area (Å²) in [5, 5.41) is 2.87. The van der Waals surface area contributed by atoms with Gasteiger partial charge in [0.2, 0.25) is 5.91 Å². The molecule has 1 saturated heterocycles. The fourth-order valence-electron chi connectivity index (χ4n) is 3.28. The van der Waals surface area contributed by atoms with E-state index in [0.29, 0.717) is 26.1 Å². The van der Waals surface area contributed by atoms with E-state index in [0.717, 1.165) is 17.9 Å². The number of para-hydroxylation sites is 1. The molecular formula is C22H27N3O3. The first kappa shape index (κ1) is 19.7. The van der Waals surface area contributed by atoms with Crippen molar-refractivity contribution in [2.45, 2.75) is 25.8 Å². The Morgan fingerprint density at radius 2 is 1.86 bits per heavy atom. The average Bonchev–Trinajstić information content (AvgIpc) is 3.19. The molecule has 148 valence electrons. The number of rotatable bonds is 6. The maximum absolute atomic E-state index is 12.8. The fourth-order valence-corrected chi connectivity index (χ4v) is 3.28. The third-order valence-electron chi connectivity index (χ3n) is 4.92. The van der Waals surface area contributed by atoms with E-state index in [9.17, 15) is 9.59 Å². The van der Waals surface area contributed by atoms with Crippen molar-refractivity contribution in [2.24, 2.45) is 0 Å². The molecular weight excluding hydrogens is 354 g/mol. The maximum Gasteiger partial charge on any atom is 0.322 e. The quantitative estimate of drug-likeness (QED) is 0.833. The summed E-state index contributed by atoms with van der Waals surface area (Å²) in [5.74, 6) is 0.740. The minimum atomic E-state index is -0.423. The lowest BCUT2D eigenvalue weighted by atomic mass is 10.2. The first-order valence-corrected chi connectivity index (χ1v) is 9.62. The van der Waals surface area contributed by atoms with Crippen LogP contribution in [-0.4, -0.2) is 54.5 Å². The molecule has 0 unspecified atom stereocenters. The summed E-state index contributed by atoms with van der Waals surface area (Å²) in [6.45, 7) is 3.49. The van der Waals surface area contributed by atoms with E-state index in [1.165, 1.54) is 5.56 Å². The van der Waals surface area contributed by atoms with Crippen LogP contribution < -0.4 is 10.1 Å². The van der Waals surface area contributed by atoms with E-state index in [-0.39, 0.29) is 11.9 Å². The summed E-state index contributed by atoms with van der Waals surface area (Å²) >= 11 is 0. The Labute approximate surface area is 166 Å². The van der Waals surface area contributed by atoms with Crippen LogP contribution in [0.2, 0.25) is 0 Å². The molecule has 0 aliphatic carbocycles. The van der Waals surface area contributed by atoms with Gasteiger partial charge in [-0.1, -0.05) is 35.9 Å². The zero-order chi connectivity index (χ0) is 19.9. The van der Waals surface area contributed by atoms with Crippen molar-refractivity contribution in [2.75, 3.05) is 32.1 Å². The van der Waals surface area contributed by atoms with Gasteiger partial charge in [0, 0.05) is 19.3 Å². The van der Waals surface area contributed by atoms with E-state index in [4.69, 9.17) is 4.74 Å². The third-order valence-corrected chi connectivity index (χ3v) is 4.92. The number of amides is 3. The van der Waals surface area contributed by atoms with Crippen molar-refractivity contribution >= 4 is 17.6 Å². The van der Waals surface area contributed by atoms with Crippen LogP contribution in [0.15, 0.2) is 54.6 Å². The molecule has 1 heterocycles. The zero-order valence-electron chi connectivity index (χ0n) is 16.4. The number of carbonyl (C=O) groups is 2. The number of nitrogens with one attached hydrogen (secondary N) is 1. The van der Waals surface area contributed by atoms with Gasteiger partial charge in [-0.2, -0.15) is 0 Å². The fraction of sp³-hybridized carbons (Fsp3) is 0.364. The molecule has 3 rings (SSSR count). The van der Waals surface area contributed by atoms with Crippen molar-refractivity contribution in [1.82, 2.24) is 9.80 Å². The van der Waals surface area contributed by atoms with Crippen molar-refractivity contribution in [3.05, 3.63) is 60.2 Å². The predicted molar refractivity (Wildman–Crippen MR) is 109 cm³/mol. The van der Waals surface area contributed by atoms with Crippen molar-refractivity contribution in [1.29, 1.82) is 0 Å². The van der Waals surface area contributed by atoms with Gasteiger partial charge in [0.25, 0.3) is 0 Å². The van der Waals surface area contributed by atoms with Crippen LogP contribution >= 0.6 is 0 Å². The molecule has 1 fully saturated rings. The number of nitrogens with zero attached hydrogens (tertiary/aromatic N) is 2. The standard InChI is InChI=1S/C22H27N3O3/c1-17-10-12-19(13-11-17)28-16-15-24(2)21(26)20-9-6-14-25(20)22(27)23-18-7-4-3-5-8-18/h3-5,7-8,10-13,20H,6,9,14-16H2,1-2H3,(H,23,27)/t20-/m1/s1. The Hall–Kier alpha value is -3.02. The number of likely N-dealkylation sites (tertiary alicyclic amines) is 1. The zero-order valence-corrected chi connectivity index (χ0v) is 16.4. The molecule has 0 spiro atoms. The molecule has 3 amide bonds. The normalized spacial score (nSPS) is 15.9. The minimum absolute atomic E-state index is 0.0479. The average molecular weight is 381 g/mol. The van der Waals surface area contributed by atoms with Gasteiger partial charge in [0.15, 0.2) is 0 Å². The van der Waals surface area contributed by atoms with E-state index in [1.807, 2.05) is 61.5 Å². The van der Waals surface area contributed by atoms with Crippen LogP contribution in [0.3, 0.4) is 0 Å². The smallest absolute Gasteiger partial charge is 0.322 e. The minimum Gasteiger partial charge on any atom is -0.492 e. The van der Waals surface area contributed by atoms with Gasteiger partial charge in [0.05, 0.1) is 6.54 Å². The van der Waals surface area contributed by atoms with Gasteiger partial charge in [-0.25, -0.2) is 4.79 Å². The first-order valence-electron chi connectivity index (χ1n) is 9.62. The summed E-state index contributed by atoms with van der Waals surface area (Å²) in [4.78, 5) is 28.7. The molecule has 6 nitrogen and oxygen atoms in total. The van der Waals surface area contributed by atoms with Crippen LogP contribution in [-0.2, 0) is 4.79 Å². The van der Waals surface area contributed by atoms with E-state index in [1.54, 1.807) is 16.8 Å². The molecule has 1 aliphatic rings. The highest BCUT2D eigenvalue weighted by molar-refractivity contribution is 5.94. The van der Waals surface area contributed by atoms with Crippen molar-refractivity contribution < 1.29 is 14.3 Å². The first-order chi connectivity index (χ1) is 13.5. The number of likely N-dealkylation sites (N-methyl/N-ethyl adjacent to an activating group) is 1. The van der Waals surface area contributed by atoms with Gasteiger partial charge in [-0.15, -0.1) is 0 Å². The second kappa shape index (κ2) is 9.26. The van der Waals surface area contributed by atoms with Gasteiger partial charge < -0.3 is 19.9 Å². The van der Waals surface area contributed by atoms with Crippen molar-refractivity contribution in [3.8, 4) is 5.75 Å². The molecule has 0 bridgehead atoms. The monoisotopic (exact) mass is 381 g/mol. The maximum atomic E-state index is 12.8. The molecule has 6 heteroatoms. The highest BCUT2D eigenvalue weighted by Gasteiger charge is 2.35. The highest BCUT2D eigenvalue weighted by Crippen LogP contribution is 2.21. The van der Waals surface area contributed by atoms with Gasteiger partial charge >= 0.3 is 6.03 Å². The summed E-state index contributed by atoms with van der Waals surface area (Å²) in [7, 11) is 1.76. The van der Waals surface area contributed by atoms with Crippen LogP contribution in [0, 0.1) is 6.92 Å². The lowest BCUT2D eigenvalue weighted by Crippen LogP contribution is -2.48. The Morgan fingerprint density at radius 3 is 2.57 bits per heavy atom. The largest absolute Gasteiger partial charge is 0.492 e. The summed E-state index contributed by atoms with van der Waals surface area (Å²) in [6.07, 6.45) is 1.51. The number of hydrogen-bond donors (Lipinski definition) is 1. The number of aryl methyl sites for hydroxylation is 1. The Morgan fingerprint density at radius 1 is 1.14 bits per heavy atom. The molecule has 2 aromatic rings. The Kier molecular flexibility index (Phi) is 6.53. The number of carbonyl (C=O) groups excluding carboxylic acids is 2. The van der Waals surface area contributed by atoms with Crippen LogP contribution in [0.1, 0.15) is 18.4 Å². The van der Waals surface area contributed by atoms with Crippen molar-refractivity contribution in [3.63, 3.8) is 0 Å². The van der Waals surface area contributed by atoms with Gasteiger partial charge in [-0.05, 0) is 44.0 Å². The molecule has 28 heavy (non-hydrogen) atoms. The lowest BCUT2D eigenvalue weighted by Gasteiger charge is -2.28. The number of anilines is 1. The third kappa shape index (κ3) is 5.03. The van der Waals surface area contributed by atoms with Gasteiger partial charge in [0.1, 0.15) is 18.4 Å². The Bertz CT molecular complexity index is 792. The van der Waals surface area contributed by atoms with Crippen LogP contribution in [0.4, 0.5) is 10.5 Å². The number of urea groups is 1. The lowest BCUT2D eigenvalue weighted by molar-refractivity contribution is -0.134. The van der Waals surface area contributed by atoms with Crippen LogP contribution in [0.5, 0.6) is 5.75 Å². The molecule has 0 aromatic heterocycles. The highest BCUT2D eigenvalue weighted by atomic mass is 16.5.